The third-order valence-electron chi connectivity index (χ3n) is 4.91. The molecule has 0 bridgehead atoms. The molecular weight excluding hydrogens is 380 g/mol. The lowest BCUT2D eigenvalue weighted by molar-refractivity contribution is 0.206. The van der Waals surface area contributed by atoms with E-state index in [0.717, 1.165) is 24.2 Å². The van der Waals surface area contributed by atoms with Gasteiger partial charge in [-0.2, -0.15) is 0 Å². The SMILES string of the molecule is COc1cc(CN(C(=O)Nc2cccc(Oc3ccccc3)c2)C2CC2)ccc1O. The summed E-state index contributed by atoms with van der Waals surface area (Å²) in [5.74, 6) is 1.87. The van der Waals surface area contributed by atoms with Crippen LogP contribution in [0.3, 0.4) is 0 Å². The maximum absolute atomic E-state index is 13.0. The number of nitrogens with zero attached hydrogens (tertiary/aromatic N) is 1. The van der Waals surface area contributed by atoms with Crippen LogP contribution in [-0.4, -0.2) is 29.2 Å². The van der Waals surface area contributed by atoms with Crippen LogP contribution in [0.4, 0.5) is 10.5 Å². The number of hydrogen-bond donors (Lipinski definition) is 2. The van der Waals surface area contributed by atoms with Crippen LogP contribution in [0, 0.1) is 0 Å². The summed E-state index contributed by atoms with van der Waals surface area (Å²) < 4.78 is 11.0. The zero-order valence-corrected chi connectivity index (χ0v) is 16.7. The molecule has 0 unspecified atom stereocenters. The van der Waals surface area contributed by atoms with Gasteiger partial charge in [0.05, 0.1) is 7.11 Å². The predicted molar refractivity (Wildman–Crippen MR) is 115 cm³/mol. The van der Waals surface area contributed by atoms with Crippen molar-refractivity contribution in [2.24, 2.45) is 0 Å². The monoisotopic (exact) mass is 404 g/mol. The van der Waals surface area contributed by atoms with Crippen LogP contribution in [0.25, 0.3) is 0 Å². The number of carbonyl (C=O) groups is 1. The second-order valence-corrected chi connectivity index (χ2v) is 7.24. The van der Waals surface area contributed by atoms with Crippen LogP contribution in [0.2, 0.25) is 0 Å². The molecule has 3 aromatic carbocycles. The second kappa shape index (κ2) is 8.78. The Balaban J connectivity index is 1.45. The minimum Gasteiger partial charge on any atom is -0.504 e. The van der Waals surface area contributed by atoms with Crippen molar-refractivity contribution in [1.29, 1.82) is 0 Å². The Morgan fingerprint density at radius 2 is 1.80 bits per heavy atom. The van der Waals surface area contributed by atoms with Crippen LogP contribution in [0.5, 0.6) is 23.0 Å². The summed E-state index contributed by atoms with van der Waals surface area (Å²) in [5.41, 5.74) is 1.57. The number of urea groups is 1. The highest BCUT2D eigenvalue weighted by atomic mass is 16.5. The molecule has 0 aromatic heterocycles. The predicted octanol–water partition coefficient (Wildman–Crippen LogP) is 5.39. The molecule has 1 aliphatic carbocycles. The molecule has 1 fully saturated rings. The first-order valence-corrected chi connectivity index (χ1v) is 9.89. The molecule has 1 saturated carbocycles. The number of methoxy groups -OCH3 is 1. The number of phenolic OH excluding ortho intramolecular Hbond substituents is 1. The second-order valence-electron chi connectivity index (χ2n) is 7.24. The average molecular weight is 404 g/mol. The molecule has 0 heterocycles. The first-order chi connectivity index (χ1) is 14.6. The average Bonchev–Trinajstić information content (AvgIpc) is 3.59. The standard InChI is InChI=1S/C24H24N2O4/c1-29-23-14-17(10-13-22(23)27)16-26(19-11-12-19)24(28)25-18-6-5-9-21(15-18)30-20-7-3-2-4-8-20/h2-10,13-15,19,27H,11-12,16H2,1H3,(H,25,28). The van der Waals surface area contributed by atoms with Crippen molar-refractivity contribution in [2.75, 3.05) is 12.4 Å². The van der Waals surface area contributed by atoms with Gasteiger partial charge in [0.15, 0.2) is 11.5 Å². The number of ether oxygens (including phenoxy) is 2. The largest absolute Gasteiger partial charge is 0.504 e. The lowest BCUT2D eigenvalue weighted by Gasteiger charge is -2.23. The van der Waals surface area contributed by atoms with E-state index in [-0.39, 0.29) is 17.8 Å². The third-order valence-corrected chi connectivity index (χ3v) is 4.91. The molecule has 30 heavy (non-hydrogen) atoms. The van der Waals surface area contributed by atoms with Gasteiger partial charge in [-0.1, -0.05) is 30.3 Å². The molecule has 0 saturated heterocycles. The summed E-state index contributed by atoms with van der Waals surface area (Å²) in [5, 5.41) is 12.8. The molecule has 6 heteroatoms. The smallest absolute Gasteiger partial charge is 0.322 e. The number of amides is 2. The van der Waals surface area contributed by atoms with Crippen LogP contribution < -0.4 is 14.8 Å². The minimum absolute atomic E-state index is 0.0823. The third kappa shape index (κ3) is 4.84. The van der Waals surface area contributed by atoms with E-state index in [1.165, 1.54) is 7.11 Å². The van der Waals surface area contributed by atoms with E-state index in [0.29, 0.717) is 23.7 Å². The van der Waals surface area contributed by atoms with E-state index >= 15 is 0 Å². The Morgan fingerprint density at radius 3 is 2.53 bits per heavy atom. The Hall–Kier alpha value is -3.67. The van der Waals surface area contributed by atoms with Crippen LogP contribution in [0.15, 0.2) is 72.8 Å². The molecule has 0 radical (unpaired) electrons. The fraction of sp³-hybridized carbons (Fsp3) is 0.208. The lowest BCUT2D eigenvalue weighted by atomic mass is 10.2. The number of nitrogens with one attached hydrogen (secondary N) is 1. The maximum Gasteiger partial charge on any atom is 0.322 e. The number of hydrogen-bond acceptors (Lipinski definition) is 4. The van der Waals surface area contributed by atoms with Crippen LogP contribution >= 0.6 is 0 Å². The summed E-state index contributed by atoms with van der Waals surface area (Å²) in [6.07, 6.45) is 1.97. The fourth-order valence-corrected chi connectivity index (χ4v) is 3.23. The van der Waals surface area contributed by atoms with Crippen molar-refractivity contribution in [3.63, 3.8) is 0 Å². The Bertz CT molecular complexity index is 1020. The van der Waals surface area contributed by atoms with Crippen molar-refractivity contribution in [3.05, 3.63) is 78.4 Å². The van der Waals surface area contributed by atoms with Crippen molar-refractivity contribution < 1.29 is 19.4 Å². The normalized spacial score (nSPS) is 12.8. The number of aromatic hydroxyl groups is 1. The quantitative estimate of drug-likeness (QED) is 0.554. The van der Waals surface area contributed by atoms with Gasteiger partial charge in [0.1, 0.15) is 11.5 Å². The van der Waals surface area contributed by atoms with Gasteiger partial charge >= 0.3 is 6.03 Å². The molecule has 6 nitrogen and oxygen atoms in total. The van der Waals surface area contributed by atoms with E-state index in [4.69, 9.17) is 9.47 Å². The Morgan fingerprint density at radius 1 is 1.03 bits per heavy atom. The number of benzene rings is 3. The highest BCUT2D eigenvalue weighted by Gasteiger charge is 2.32. The van der Waals surface area contributed by atoms with E-state index in [1.807, 2.05) is 53.4 Å². The van der Waals surface area contributed by atoms with E-state index < -0.39 is 0 Å². The van der Waals surface area contributed by atoms with E-state index in [1.54, 1.807) is 24.3 Å². The summed E-state index contributed by atoms with van der Waals surface area (Å²) in [6, 6.07) is 22.0. The highest BCUT2D eigenvalue weighted by Crippen LogP contribution is 2.32. The van der Waals surface area contributed by atoms with Gasteiger partial charge in [0, 0.05) is 24.3 Å². The zero-order valence-electron chi connectivity index (χ0n) is 16.7. The first-order valence-electron chi connectivity index (χ1n) is 9.89. The van der Waals surface area contributed by atoms with Crippen molar-refractivity contribution in [3.8, 4) is 23.0 Å². The summed E-state index contributed by atoms with van der Waals surface area (Å²) in [4.78, 5) is 14.8. The van der Waals surface area contributed by atoms with Gasteiger partial charge in [-0.15, -0.1) is 0 Å². The van der Waals surface area contributed by atoms with Crippen LogP contribution in [-0.2, 0) is 6.54 Å². The maximum atomic E-state index is 13.0. The minimum atomic E-state index is -0.165. The number of anilines is 1. The molecule has 4 rings (SSSR count). The Kier molecular flexibility index (Phi) is 5.75. The number of phenols is 1. The number of carbonyl (C=O) groups excluding carboxylic acids is 1. The zero-order chi connectivity index (χ0) is 20.9. The summed E-state index contributed by atoms with van der Waals surface area (Å²) in [7, 11) is 1.51. The van der Waals surface area contributed by atoms with Gasteiger partial charge < -0.3 is 24.8 Å². The molecule has 1 aliphatic rings. The van der Waals surface area contributed by atoms with Crippen molar-refractivity contribution in [1.82, 2.24) is 4.90 Å². The molecule has 2 amide bonds. The van der Waals surface area contributed by atoms with Gasteiger partial charge in [-0.3, -0.25) is 0 Å². The molecule has 3 aromatic rings. The van der Waals surface area contributed by atoms with Crippen molar-refractivity contribution in [2.45, 2.75) is 25.4 Å². The van der Waals surface area contributed by atoms with E-state index in [9.17, 15) is 9.90 Å². The molecule has 0 spiro atoms. The number of para-hydroxylation sites is 1. The van der Waals surface area contributed by atoms with E-state index in [2.05, 4.69) is 5.32 Å². The molecule has 0 atom stereocenters. The summed E-state index contributed by atoms with van der Waals surface area (Å²) in [6.45, 7) is 0.438. The summed E-state index contributed by atoms with van der Waals surface area (Å²) >= 11 is 0. The van der Waals surface area contributed by atoms with Gasteiger partial charge in [-0.05, 0) is 54.8 Å². The lowest BCUT2D eigenvalue weighted by Crippen LogP contribution is -2.36. The van der Waals surface area contributed by atoms with Crippen molar-refractivity contribution >= 4 is 11.7 Å². The number of rotatable bonds is 7. The van der Waals surface area contributed by atoms with Gasteiger partial charge in [-0.25, -0.2) is 4.79 Å². The molecule has 154 valence electrons. The Labute approximate surface area is 175 Å². The first kappa shape index (κ1) is 19.6. The molecule has 0 aliphatic heterocycles. The molecule has 2 N–H and O–H groups in total. The van der Waals surface area contributed by atoms with Crippen LogP contribution in [0.1, 0.15) is 18.4 Å². The topological polar surface area (TPSA) is 71.0 Å². The van der Waals surface area contributed by atoms with Gasteiger partial charge in [0.25, 0.3) is 0 Å². The van der Waals surface area contributed by atoms with Gasteiger partial charge in [0.2, 0.25) is 0 Å². The fourth-order valence-electron chi connectivity index (χ4n) is 3.23. The highest BCUT2D eigenvalue weighted by molar-refractivity contribution is 5.90. The molecular formula is C24H24N2O4.